The molecule has 9 heteroatoms. The van der Waals surface area contributed by atoms with Crippen LogP contribution >= 0.6 is 15.9 Å². The summed E-state index contributed by atoms with van der Waals surface area (Å²) in [6, 6.07) is 1.21. The molecule has 2 unspecified atom stereocenters. The summed E-state index contributed by atoms with van der Waals surface area (Å²) in [5.41, 5.74) is 0. The second-order valence-electron chi connectivity index (χ2n) is 4.62. The zero-order chi connectivity index (χ0) is 16.0. The van der Waals surface area contributed by atoms with Gasteiger partial charge in [0.25, 0.3) is 0 Å². The fraction of sp³-hybridized carbons (Fsp3) is 0.583. The fourth-order valence-corrected chi connectivity index (χ4v) is 4.26. The van der Waals surface area contributed by atoms with Gasteiger partial charge in [-0.15, -0.1) is 0 Å². The predicted molar refractivity (Wildman–Crippen MR) is 89.4 cm³/mol. The van der Waals surface area contributed by atoms with Crippen LogP contribution in [0.25, 0.3) is 0 Å². The molecule has 6 nitrogen and oxygen atoms in total. The molecule has 0 saturated heterocycles. The maximum absolute atomic E-state index is 12.4. The van der Waals surface area contributed by atoms with Gasteiger partial charge in [0.2, 0.25) is 10.0 Å². The van der Waals surface area contributed by atoms with E-state index in [1.54, 1.807) is 19.4 Å². The lowest BCUT2D eigenvalue weighted by molar-refractivity contribution is 0.555. The molecule has 0 radical (unpaired) electrons. The summed E-state index contributed by atoms with van der Waals surface area (Å²) in [6.45, 7) is 4.19. The topological polar surface area (TPSA) is 88.2 Å². The molecule has 0 saturated carbocycles. The molecule has 120 valence electrons. The molecule has 2 atom stereocenters. The smallest absolute Gasteiger partial charge is 0.244 e. The molecule has 0 aliphatic rings. The minimum absolute atomic E-state index is 0.100. The number of pyridine rings is 1. The highest BCUT2D eigenvalue weighted by molar-refractivity contribution is 9.10. The van der Waals surface area contributed by atoms with Crippen molar-refractivity contribution in [3.05, 3.63) is 16.7 Å². The molecular formula is C12H20BrN3O3S2. The Hall–Kier alpha value is -0.510. The maximum Gasteiger partial charge on any atom is 0.244 e. The summed E-state index contributed by atoms with van der Waals surface area (Å²) in [5.74, 6) is 0.778. The number of halogens is 1. The van der Waals surface area contributed by atoms with E-state index < -0.39 is 20.8 Å². The highest BCUT2D eigenvalue weighted by Gasteiger charge is 2.22. The van der Waals surface area contributed by atoms with E-state index in [4.69, 9.17) is 0 Å². The summed E-state index contributed by atoms with van der Waals surface area (Å²) < 4.78 is 39.2. The Morgan fingerprint density at radius 1 is 1.48 bits per heavy atom. The van der Waals surface area contributed by atoms with E-state index in [1.165, 1.54) is 6.07 Å². The molecule has 21 heavy (non-hydrogen) atoms. The highest BCUT2D eigenvalue weighted by Crippen LogP contribution is 2.23. The standard InChI is InChI=1S/C12H20BrN3O3S2/c1-4-14-12-11(7-10(13)8-15-12)21(18,19)16-9(2)5-6-20(3)17/h7-9,16H,4-6H2,1-3H3,(H,14,15). The highest BCUT2D eigenvalue weighted by atomic mass is 79.9. The van der Waals surface area contributed by atoms with Gasteiger partial charge < -0.3 is 5.32 Å². The van der Waals surface area contributed by atoms with E-state index in [2.05, 4.69) is 31.0 Å². The summed E-state index contributed by atoms with van der Waals surface area (Å²) in [6.07, 6.45) is 3.66. The van der Waals surface area contributed by atoms with Gasteiger partial charge in [-0.25, -0.2) is 18.1 Å². The number of hydrogen-bond donors (Lipinski definition) is 2. The van der Waals surface area contributed by atoms with Gasteiger partial charge in [-0.1, -0.05) is 0 Å². The Kier molecular flexibility index (Phi) is 7.25. The Balaban J connectivity index is 2.96. The SMILES string of the molecule is CCNc1ncc(Br)cc1S(=O)(=O)NC(C)CCS(C)=O. The first kappa shape index (κ1) is 18.5. The summed E-state index contributed by atoms with van der Waals surface area (Å²) >= 11 is 3.23. The van der Waals surface area contributed by atoms with Crippen LogP contribution in [0.2, 0.25) is 0 Å². The number of sulfonamides is 1. The van der Waals surface area contributed by atoms with Gasteiger partial charge in [0.15, 0.2) is 0 Å². The third-order valence-corrected chi connectivity index (χ3v) is 5.49. The van der Waals surface area contributed by atoms with Crippen molar-refractivity contribution in [3.63, 3.8) is 0 Å². The quantitative estimate of drug-likeness (QED) is 0.696. The number of anilines is 1. The Morgan fingerprint density at radius 3 is 2.71 bits per heavy atom. The monoisotopic (exact) mass is 397 g/mol. The second kappa shape index (κ2) is 8.21. The first-order valence-electron chi connectivity index (χ1n) is 6.48. The lowest BCUT2D eigenvalue weighted by Gasteiger charge is -2.16. The molecule has 2 N–H and O–H groups in total. The lowest BCUT2D eigenvalue weighted by Crippen LogP contribution is -2.34. The first-order valence-corrected chi connectivity index (χ1v) is 10.5. The van der Waals surface area contributed by atoms with Gasteiger partial charge in [-0.05, 0) is 42.3 Å². The molecule has 1 heterocycles. The normalized spacial score (nSPS) is 14.7. The summed E-state index contributed by atoms with van der Waals surface area (Å²) in [7, 11) is -4.62. The number of nitrogens with zero attached hydrogens (tertiary/aromatic N) is 1. The van der Waals surface area contributed by atoms with Crippen LogP contribution in [-0.2, 0) is 20.8 Å². The van der Waals surface area contributed by atoms with Crippen molar-refractivity contribution in [3.8, 4) is 0 Å². The Labute approximate surface area is 136 Å². The minimum Gasteiger partial charge on any atom is -0.369 e. The Morgan fingerprint density at radius 2 is 2.14 bits per heavy atom. The second-order valence-corrected chi connectivity index (χ2v) is 8.77. The number of hydrogen-bond acceptors (Lipinski definition) is 5. The van der Waals surface area contributed by atoms with Gasteiger partial charge in [-0.2, -0.15) is 0 Å². The average molecular weight is 398 g/mol. The number of aromatic nitrogens is 1. The van der Waals surface area contributed by atoms with Gasteiger partial charge in [0, 0.05) is 46.1 Å². The van der Waals surface area contributed by atoms with Crippen LogP contribution in [-0.4, -0.2) is 42.2 Å². The van der Waals surface area contributed by atoms with Crippen LogP contribution in [0.15, 0.2) is 21.6 Å². The van der Waals surface area contributed by atoms with E-state index in [9.17, 15) is 12.6 Å². The van der Waals surface area contributed by atoms with Gasteiger partial charge in [0.1, 0.15) is 10.7 Å². The van der Waals surface area contributed by atoms with Crippen LogP contribution < -0.4 is 10.0 Å². The Bertz CT molecular complexity index is 608. The number of nitrogens with one attached hydrogen (secondary N) is 2. The lowest BCUT2D eigenvalue weighted by atomic mass is 10.3. The van der Waals surface area contributed by atoms with Crippen LogP contribution in [0, 0.1) is 0 Å². The first-order chi connectivity index (χ1) is 9.76. The largest absolute Gasteiger partial charge is 0.369 e. The molecule has 1 rings (SSSR count). The fourth-order valence-electron chi connectivity index (χ4n) is 1.66. The molecule has 0 spiro atoms. The van der Waals surface area contributed by atoms with Gasteiger partial charge in [-0.3, -0.25) is 4.21 Å². The number of rotatable bonds is 8. The molecule has 0 aliphatic heterocycles. The molecule has 0 amide bonds. The van der Waals surface area contributed by atoms with Crippen molar-refractivity contribution in [1.29, 1.82) is 0 Å². The van der Waals surface area contributed by atoms with Crippen molar-refractivity contribution in [2.24, 2.45) is 0 Å². The summed E-state index contributed by atoms with van der Waals surface area (Å²) in [5, 5.41) is 2.93. The predicted octanol–water partition coefficient (Wildman–Crippen LogP) is 1.71. The van der Waals surface area contributed by atoms with Crippen molar-refractivity contribution in [1.82, 2.24) is 9.71 Å². The molecule has 0 aliphatic carbocycles. The molecular weight excluding hydrogens is 378 g/mol. The van der Waals surface area contributed by atoms with Crippen molar-refractivity contribution in [2.75, 3.05) is 23.9 Å². The third kappa shape index (κ3) is 6.01. The van der Waals surface area contributed by atoms with E-state index in [-0.39, 0.29) is 10.9 Å². The third-order valence-electron chi connectivity index (χ3n) is 2.65. The van der Waals surface area contributed by atoms with E-state index in [0.717, 1.165) is 0 Å². The van der Waals surface area contributed by atoms with Crippen LogP contribution in [0.4, 0.5) is 5.82 Å². The van der Waals surface area contributed by atoms with E-state index >= 15 is 0 Å². The van der Waals surface area contributed by atoms with E-state index in [1.807, 2.05) is 6.92 Å². The molecule has 1 aromatic heterocycles. The van der Waals surface area contributed by atoms with Crippen molar-refractivity contribution < 1.29 is 12.6 Å². The zero-order valence-corrected chi connectivity index (χ0v) is 15.4. The maximum atomic E-state index is 12.4. The van der Waals surface area contributed by atoms with Crippen molar-refractivity contribution in [2.45, 2.75) is 31.2 Å². The van der Waals surface area contributed by atoms with Crippen LogP contribution in [0.3, 0.4) is 0 Å². The van der Waals surface area contributed by atoms with Gasteiger partial charge >= 0.3 is 0 Å². The average Bonchev–Trinajstić information content (AvgIpc) is 2.38. The minimum atomic E-state index is -3.69. The zero-order valence-electron chi connectivity index (χ0n) is 12.2. The van der Waals surface area contributed by atoms with Crippen LogP contribution in [0.5, 0.6) is 0 Å². The molecule has 0 fully saturated rings. The summed E-state index contributed by atoms with van der Waals surface area (Å²) in [4.78, 5) is 4.19. The molecule has 1 aromatic rings. The van der Waals surface area contributed by atoms with Gasteiger partial charge in [0.05, 0.1) is 0 Å². The molecule has 0 aromatic carbocycles. The van der Waals surface area contributed by atoms with E-state index in [0.29, 0.717) is 29.0 Å². The van der Waals surface area contributed by atoms with Crippen molar-refractivity contribution >= 4 is 42.6 Å². The molecule has 0 bridgehead atoms. The van der Waals surface area contributed by atoms with Crippen LogP contribution in [0.1, 0.15) is 20.3 Å².